The third-order valence-corrected chi connectivity index (χ3v) is 6.01. The molecule has 0 radical (unpaired) electrons. The number of carboxylic acids is 1. The van der Waals surface area contributed by atoms with E-state index in [-0.39, 0.29) is 11.8 Å². The first-order valence-electron chi connectivity index (χ1n) is 11.5. The average molecular weight is 495 g/mol. The van der Waals surface area contributed by atoms with Crippen LogP contribution < -0.4 is 5.32 Å². The number of nitrogens with one attached hydrogen (secondary N) is 1. The zero-order chi connectivity index (χ0) is 25.7. The Kier molecular flexibility index (Phi) is 13.1. The van der Waals surface area contributed by atoms with Crippen LogP contribution >= 0.6 is 11.6 Å². The molecule has 1 amide bonds. The number of piperidine rings is 1. The average Bonchev–Trinajstić information content (AvgIpc) is 2.82. The van der Waals surface area contributed by atoms with Crippen LogP contribution in [-0.4, -0.2) is 60.4 Å². The van der Waals surface area contributed by atoms with E-state index in [1.165, 1.54) is 20.1 Å². The molecule has 1 aromatic rings. The number of hydrogen-bond acceptors (Lipinski definition) is 6. The number of aldehydes is 1. The standard InChI is InChI=1S/C23H29ClN2O6.C2H6/c1-15(28)25-20(22(29)30)9-5-6-16-10-12-26(14-17(16)11-13-27)21(23(31)32-2)18-7-3-4-8-19(18)24;1-2/h3-4,7-8,11,13,16,20-21H,5-6,9-10,12,14H2,1-2H3,(H,25,28)(H,29,30);1-2H3/b17-11-;/t16?,20-,21?;/m0./s1. The van der Waals surface area contributed by atoms with Crippen LogP contribution in [0.25, 0.3) is 0 Å². The topological polar surface area (TPSA) is 113 Å². The number of ether oxygens (including phenoxy) is 1. The second-order valence-corrected chi connectivity index (χ2v) is 8.21. The minimum atomic E-state index is -1.07. The number of nitrogens with zero attached hydrogens (tertiary/aromatic N) is 1. The quantitative estimate of drug-likeness (QED) is 0.289. The Balaban J connectivity index is 0.00000281. The summed E-state index contributed by atoms with van der Waals surface area (Å²) in [6.45, 7) is 6.26. The van der Waals surface area contributed by atoms with Gasteiger partial charge in [-0.1, -0.05) is 50.1 Å². The highest BCUT2D eigenvalue weighted by Gasteiger charge is 2.35. The smallest absolute Gasteiger partial charge is 0.327 e. The van der Waals surface area contributed by atoms with E-state index >= 15 is 0 Å². The van der Waals surface area contributed by atoms with E-state index in [1.54, 1.807) is 24.3 Å². The van der Waals surface area contributed by atoms with Crippen LogP contribution in [0.5, 0.6) is 0 Å². The Morgan fingerprint density at radius 1 is 1.29 bits per heavy atom. The van der Waals surface area contributed by atoms with E-state index in [4.69, 9.17) is 16.3 Å². The number of allylic oxidation sites excluding steroid dienone is 1. The molecule has 0 bridgehead atoms. The molecule has 1 aliphatic rings. The number of carboxylic acid groups (broad SMARTS) is 1. The van der Waals surface area contributed by atoms with E-state index in [2.05, 4.69) is 5.32 Å². The van der Waals surface area contributed by atoms with Gasteiger partial charge in [-0.15, -0.1) is 0 Å². The minimum absolute atomic E-state index is 0.0766. The van der Waals surface area contributed by atoms with Gasteiger partial charge in [-0.25, -0.2) is 9.59 Å². The molecule has 188 valence electrons. The van der Waals surface area contributed by atoms with Gasteiger partial charge in [-0.05, 0) is 48.5 Å². The fourth-order valence-corrected chi connectivity index (χ4v) is 4.37. The fraction of sp³-hybridized carbons (Fsp3) is 0.520. The first-order chi connectivity index (χ1) is 16.3. The lowest BCUT2D eigenvalue weighted by Gasteiger charge is -2.38. The molecule has 0 saturated carbocycles. The molecule has 9 heteroatoms. The molecule has 34 heavy (non-hydrogen) atoms. The molecule has 0 spiro atoms. The van der Waals surface area contributed by atoms with Crippen molar-refractivity contribution in [1.29, 1.82) is 0 Å². The van der Waals surface area contributed by atoms with E-state index in [0.717, 1.165) is 11.9 Å². The summed E-state index contributed by atoms with van der Waals surface area (Å²) in [7, 11) is 1.33. The van der Waals surface area contributed by atoms with Gasteiger partial charge in [0.1, 0.15) is 18.4 Å². The maximum Gasteiger partial charge on any atom is 0.327 e. The monoisotopic (exact) mass is 494 g/mol. The van der Waals surface area contributed by atoms with Gasteiger partial charge in [0.05, 0.1) is 7.11 Å². The number of esters is 1. The van der Waals surface area contributed by atoms with Gasteiger partial charge in [-0.2, -0.15) is 0 Å². The molecule has 1 saturated heterocycles. The van der Waals surface area contributed by atoms with Crippen molar-refractivity contribution in [3.63, 3.8) is 0 Å². The zero-order valence-electron chi connectivity index (χ0n) is 20.3. The molecule has 1 aromatic carbocycles. The van der Waals surface area contributed by atoms with Crippen molar-refractivity contribution >= 4 is 35.7 Å². The van der Waals surface area contributed by atoms with Crippen molar-refractivity contribution in [3.05, 3.63) is 46.5 Å². The molecule has 2 N–H and O–H groups in total. The maximum atomic E-state index is 12.6. The Labute approximate surface area is 206 Å². The molecule has 2 rings (SSSR count). The largest absolute Gasteiger partial charge is 0.480 e. The molecular formula is C25H35ClN2O6. The van der Waals surface area contributed by atoms with E-state index in [9.17, 15) is 24.3 Å². The number of likely N-dealkylation sites (tertiary alicyclic amines) is 1. The summed E-state index contributed by atoms with van der Waals surface area (Å²) in [4.78, 5) is 48.3. The van der Waals surface area contributed by atoms with E-state index in [1.807, 2.05) is 18.7 Å². The van der Waals surface area contributed by atoms with Gasteiger partial charge in [0.25, 0.3) is 0 Å². The van der Waals surface area contributed by atoms with Gasteiger partial charge in [0, 0.05) is 25.0 Å². The van der Waals surface area contributed by atoms with Crippen LogP contribution in [0, 0.1) is 5.92 Å². The summed E-state index contributed by atoms with van der Waals surface area (Å²) < 4.78 is 5.02. The number of hydrogen-bond donors (Lipinski definition) is 2. The number of amides is 1. The second kappa shape index (κ2) is 15.2. The number of aliphatic carboxylic acids is 1. The molecular weight excluding hydrogens is 460 g/mol. The van der Waals surface area contributed by atoms with Gasteiger partial charge in [0.2, 0.25) is 5.91 Å². The first kappa shape index (κ1) is 29.3. The Morgan fingerprint density at radius 2 is 1.97 bits per heavy atom. The predicted molar refractivity (Wildman–Crippen MR) is 130 cm³/mol. The minimum Gasteiger partial charge on any atom is -0.480 e. The number of carbonyl (C=O) groups is 4. The van der Waals surface area contributed by atoms with Crippen molar-refractivity contribution in [3.8, 4) is 0 Å². The molecule has 0 aliphatic carbocycles. The molecule has 0 aromatic heterocycles. The van der Waals surface area contributed by atoms with Crippen molar-refractivity contribution < 1.29 is 29.0 Å². The van der Waals surface area contributed by atoms with Crippen LogP contribution in [-0.2, 0) is 23.9 Å². The highest BCUT2D eigenvalue weighted by molar-refractivity contribution is 6.31. The number of methoxy groups -OCH3 is 1. The van der Waals surface area contributed by atoms with Crippen LogP contribution in [0.2, 0.25) is 5.02 Å². The normalized spacial score (nSPS) is 18.7. The van der Waals surface area contributed by atoms with Crippen molar-refractivity contribution in [2.45, 2.75) is 58.5 Å². The fourth-order valence-electron chi connectivity index (χ4n) is 4.13. The number of benzene rings is 1. The molecule has 1 aliphatic heterocycles. The van der Waals surface area contributed by atoms with Crippen LogP contribution in [0.1, 0.15) is 58.1 Å². The van der Waals surface area contributed by atoms with Gasteiger partial charge in [0.15, 0.2) is 0 Å². The lowest BCUT2D eigenvalue weighted by atomic mass is 9.85. The molecule has 1 fully saturated rings. The molecule has 1 heterocycles. The summed E-state index contributed by atoms with van der Waals surface area (Å²) in [5.41, 5.74) is 1.52. The first-order valence-corrected chi connectivity index (χ1v) is 11.9. The third kappa shape index (κ3) is 8.57. The molecule has 3 atom stereocenters. The van der Waals surface area contributed by atoms with Gasteiger partial charge < -0.3 is 15.2 Å². The Morgan fingerprint density at radius 3 is 2.53 bits per heavy atom. The summed E-state index contributed by atoms with van der Waals surface area (Å²) >= 11 is 6.34. The zero-order valence-corrected chi connectivity index (χ0v) is 21.0. The SMILES string of the molecule is CC.COC(=O)C(c1ccccc1Cl)N1CCC(CCC[C@H](NC(C)=O)C(=O)O)/C(=C\C=O)C1. The number of carbonyl (C=O) groups excluding carboxylic acids is 3. The summed E-state index contributed by atoms with van der Waals surface area (Å²) in [5.74, 6) is -1.81. The molecule has 2 unspecified atom stereocenters. The highest BCUT2D eigenvalue weighted by atomic mass is 35.5. The summed E-state index contributed by atoms with van der Waals surface area (Å²) in [5, 5.41) is 12.2. The lowest BCUT2D eigenvalue weighted by Crippen LogP contribution is -2.42. The van der Waals surface area contributed by atoms with Crippen LogP contribution in [0.4, 0.5) is 0 Å². The third-order valence-electron chi connectivity index (χ3n) is 5.67. The van der Waals surface area contributed by atoms with E-state index < -0.39 is 24.0 Å². The van der Waals surface area contributed by atoms with Gasteiger partial charge >= 0.3 is 11.9 Å². The van der Waals surface area contributed by atoms with Crippen LogP contribution in [0.3, 0.4) is 0 Å². The van der Waals surface area contributed by atoms with Crippen molar-refractivity contribution in [2.24, 2.45) is 5.92 Å². The number of halogens is 1. The summed E-state index contributed by atoms with van der Waals surface area (Å²) in [6.07, 6.45) is 4.48. The van der Waals surface area contributed by atoms with Crippen LogP contribution in [0.15, 0.2) is 35.9 Å². The number of rotatable bonds is 10. The second-order valence-electron chi connectivity index (χ2n) is 7.80. The van der Waals surface area contributed by atoms with Crippen molar-refractivity contribution in [2.75, 3.05) is 20.2 Å². The van der Waals surface area contributed by atoms with Gasteiger partial charge in [-0.3, -0.25) is 14.5 Å². The molecule has 8 nitrogen and oxygen atoms in total. The maximum absolute atomic E-state index is 12.6. The Bertz CT molecular complexity index is 873. The predicted octanol–water partition coefficient (Wildman–Crippen LogP) is 3.79. The highest BCUT2D eigenvalue weighted by Crippen LogP contribution is 2.35. The summed E-state index contributed by atoms with van der Waals surface area (Å²) in [6, 6.07) is 5.47. The Hall–Kier alpha value is -2.71. The van der Waals surface area contributed by atoms with E-state index in [0.29, 0.717) is 49.4 Å². The lowest BCUT2D eigenvalue weighted by molar-refractivity contribution is -0.147. The van der Waals surface area contributed by atoms with Crippen molar-refractivity contribution in [1.82, 2.24) is 10.2 Å².